The average molecular weight is 412 g/mol. The van der Waals surface area contributed by atoms with Gasteiger partial charge >= 0.3 is 12.1 Å². The van der Waals surface area contributed by atoms with Crippen LogP contribution in [0.3, 0.4) is 0 Å². The molecular formula is C18H29N5O4S. The highest BCUT2D eigenvalue weighted by Crippen LogP contribution is 2.42. The third-order valence-corrected chi connectivity index (χ3v) is 5.58. The van der Waals surface area contributed by atoms with Crippen LogP contribution in [0, 0.1) is 0 Å². The number of hydrogen-bond acceptors (Lipinski definition) is 7. The Hall–Kier alpha value is -1.94. The number of anilines is 1. The molecule has 3 rings (SSSR count). The lowest BCUT2D eigenvalue weighted by Crippen LogP contribution is -2.53. The van der Waals surface area contributed by atoms with E-state index in [0.717, 1.165) is 17.8 Å². The molecule has 0 spiro atoms. The molecule has 1 aliphatic carbocycles. The molecule has 0 aromatic carbocycles. The van der Waals surface area contributed by atoms with Crippen LogP contribution in [-0.4, -0.2) is 57.2 Å². The van der Waals surface area contributed by atoms with Crippen LogP contribution in [0.25, 0.3) is 0 Å². The largest absolute Gasteiger partial charge is 0.444 e. The number of nitrogens with one attached hydrogen (secondary N) is 2. The summed E-state index contributed by atoms with van der Waals surface area (Å²) in [5, 5.41) is 15.1. The van der Waals surface area contributed by atoms with Gasteiger partial charge in [-0.2, -0.15) is 0 Å². The van der Waals surface area contributed by atoms with Crippen LogP contribution in [-0.2, 0) is 9.47 Å². The van der Waals surface area contributed by atoms with Gasteiger partial charge in [0.05, 0.1) is 12.1 Å². The molecular weight excluding hydrogens is 382 g/mol. The lowest BCUT2D eigenvalue weighted by atomic mass is 10.1. The maximum atomic E-state index is 12.7. The summed E-state index contributed by atoms with van der Waals surface area (Å²) in [5.41, 5.74) is -1.45. The molecule has 2 heterocycles. The first-order valence-electron chi connectivity index (χ1n) is 9.54. The van der Waals surface area contributed by atoms with Crippen molar-refractivity contribution >= 4 is 28.6 Å². The quantitative estimate of drug-likeness (QED) is 0.787. The Morgan fingerprint density at radius 1 is 1.32 bits per heavy atom. The van der Waals surface area contributed by atoms with E-state index in [4.69, 9.17) is 9.47 Å². The molecule has 2 atom stereocenters. The fourth-order valence-electron chi connectivity index (χ4n) is 3.24. The van der Waals surface area contributed by atoms with E-state index in [0.29, 0.717) is 11.0 Å². The zero-order chi connectivity index (χ0) is 20.7. The Kier molecular flexibility index (Phi) is 5.55. The molecule has 2 N–H and O–H groups in total. The van der Waals surface area contributed by atoms with Crippen molar-refractivity contribution in [1.29, 1.82) is 0 Å². The van der Waals surface area contributed by atoms with Gasteiger partial charge in [-0.15, -0.1) is 10.2 Å². The van der Waals surface area contributed by atoms with Crippen LogP contribution >= 0.6 is 11.3 Å². The van der Waals surface area contributed by atoms with Gasteiger partial charge in [0.2, 0.25) is 5.13 Å². The van der Waals surface area contributed by atoms with Crippen molar-refractivity contribution in [3.8, 4) is 0 Å². The van der Waals surface area contributed by atoms with Crippen LogP contribution in [0.15, 0.2) is 0 Å². The van der Waals surface area contributed by atoms with Gasteiger partial charge in [-0.25, -0.2) is 9.59 Å². The predicted molar refractivity (Wildman–Crippen MR) is 105 cm³/mol. The lowest BCUT2D eigenvalue weighted by Gasteiger charge is -2.35. The smallest absolute Gasteiger partial charge is 0.412 e. The van der Waals surface area contributed by atoms with Gasteiger partial charge in [-0.3, -0.25) is 10.2 Å². The van der Waals surface area contributed by atoms with Crippen molar-refractivity contribution in [2.45, 2.75) is 83.8 Å². The SMILES string of the molecule is C[C@@H]1OC(C)(C)N(C(=O)OC(C)(C)C)[C@@H]1CNC(=O)Nc1nnc(C2CC2)s1. The first kappa shape index (κ1) is 20.8. The predicted octanol–water partition coefficient (Wildman–Crippen LogP) is 3.30. The summed E-state index contributed by atoms with van der Waals surface area (Å²) < 4.78 is 11.5. The third-order valence-electron chi connectivity index (χ3n) is 4.58. The van der Waals surface area contributed by atoms with E-state index in [1.807, 2.05) is 41.5 Å². The summed E-state index contributed by atoms with van der Waals surface area (Å²) in [6, 6.07) is -0.744. The maximum absolute atomic E-state index is 12.7. The first-order chi connectivity index (χ1) is 13.0. The third kappa shape index (κ3) is 4.91. The fourth-order valence-corrected chi connectivity index (χ4v) is 4.15. The summed E-state index contributed by atoms with van der Waals surface area (Å²) in [6.45, 7) is 11.2. The molecule has 0 unspecified atom stereocenters. The Labute approximate surface area is 169 Å². The van der Waals surface area contributed by atoms with Crippen molar-refractivity contribution in [3.63, 3.8) is 0 Å². The summed E-state index contributed by atoms with van der Waals surface area (Å²) >= 11 is 1.40. The van der Waals surface area contributed by atoms with Crippen molar-refractivity contribution in [2.75, 3.05) is 11.9 Å². The molecule has 0 bridgehead atoms. The molecule has 156 valence electrons. The summed E-state index contributed by atoms with van der Waals surface area (Å²) in [4.78, 5) is 26.6. The Morgan fingerprint density at radius 2 is 2.00 bits per heavy atom. The van der Waals surface area contributed by atoms with Crippen molar-refractivity contribution in [3.05, 3.63) is 5.01 Å². The van der Waals surface area contributed by atoms with Gasteiger partial charge in [-0.05, 0) is 54.4 Å². The molecule has 1 aromatic heterocycles. The van der Waals surface area contributed by atoms with E-state index in [1.54, 1.807) is 4.90 Å². The molecule has 9 nitrogen and oxygen atoms in total. The Balaban J connectivity index is 1.59. The highest BCUT2D eigenvalue weighted by molar-refractivity contribution is 7.15. The number of nitrogens with zero attached hydrogens (tertiary/aromatic N) is 3. The number of amides is 3. The van der Waals surface area contributed by atoms with Gasteiger partial charge in [0.25, 0.3) is 0 Å². The molecule has 1 aromatic rings. The van der Waals surface area contributed by atoms with Crippen LogP contribution in [0.1, 0.15) is 65.3 Å². The van der Waals surface area contributed by atoms with Gasteiger partial charge in [-0.1, -0.05) is 11.3 Å². The minimum Gasteiger partial charge on any atom is -0.444 e. The number of carbonyl (C=O) groups is 2. The Morgan fingerprint density at radius 3 is 2.61 bits per heavy atom. The zero-order valence-electron chi connectivity index (χ0n) is 17.2. The number of hydrogen-bond donors (Lipinski definition) is 2. The fraction of sp³-hybridized carbons (Fsp3) is 0.778. The Bertz CT molecular complexity index is 741. The average Bonchev–Trinajstić information content (AvgIpc) is 3.23. The van der Waals surface area contributed by atoms with E-state index < -0.39 is 17.4 Å². The topological polar surface area (TPSA) is 106 Å². The lowest BCUT2D eigenvalue weighted by molar-refractivity contribution is -0.0756. The van der Waals surface area contributed by atoms with Crippen LogP contribution in [0.2, 0.25) is 0 Å². The minimum atomic E-state index is -0.830. The van der Waals surface area contributed by atoms with Gasteiger partial charge in [0.15, 0.2) is 0 Å². The number of rotatable bonds is 4. The molecule has 0 radical (unpaired) electrons. The van der Waals surface area contributed by atoms with E-state index >= 15 is 0 Å². The standard InChI is InChI=1S/C18H29N5O4S/c1-10-12(23(18(5,6)26-10)16(25)27-17(2,3)4)9-19-14(24)20-15-22-21-13(28-15)11-7-8-11/h10-12H,7-9H2,1-6H3,(H2,19,20,22,24)/t10-,12+/m0/s1. The summed E-state index contributed by atoms with van der Waals surface area (Å²) in [6.07, 6.45) is 1.55. The van der Waals surface area contributed by atoms with Gasteiger partial charge < -0.3 is 14.8 Å². The second-order valence-electron chi connectivity index (χ2n) is 8.74. The number of carbonyl (C=O) groups excluding carboxylic acids is 2. The van der Waals surface area contributed by atoms with E-state index in [-0.39, 0.29) is 24.7 Å². The van der Waals surface area contributed by atoms with Gasteiger partial charge in [0.1, 0.15) is 16.3 Å². The molecule has 28 heavy (non-hydrogen) atoms. The maximum Gasteiger partial charge on any atom is 0.412 e. The van der Waals surface area contributed by atoms with Gasteiger partial charge in [0, 0.05) is 12.5 Å². The molecule has 1 aliphatic heterocycles. The highest BCUT2D eigenvalue weighted by atomic mass is 32.1. The second-order valence-corrected chi connectivity index (χ2v) is 9.75. The molecule has 3 amide bonds. The number of aromatic nitrogens is 2. The minimum absolute atomic E-state index is 0.226. The highest BCUT2D eigenvalue weighted by Gasteiger charge is 2.49. The van der Waals surface area contributed by atoms with Crippen molar-refractivity contribution in [2.24, 2.45) is 0 Å². The van der Waals surface area contributed by atoms with E-state index in [1.165, 1.54) is 11.3 Å². The van der Waals surface area contributed by atoms with Crippen LogP contribution < -0.4 is 10.6 Å². The van der Waals surface area contributed by atoms with Crippen LogP contribution in [0.4, 0.5) is 14.7 Å². The van der Waals surface area contributed by atoms with E-state index in [9.17, 15) is 9.59 Å². The van der Waals surface area contributed by atoms with Crippen molar-refractivity contribution in [1.82, 2.24) is 20.4 Å². The van der Waals surface area contributed by atoms with E-state index in [2.05, 4.69) is 20.8 Å². The van der Waals surface area contributed by atoms with Crippen LogP contribution in [0.5, 0.6) is 0 Å². The molecule has 10 heteroatoms. The monoisotopic (exact) mass is 411 g/mol. The molecule has 1 saturated carbocycles. The molecule has 1 saturated heterocycles. The summed E-state index contributed by atoms with van der Waals surface area (Å²) in [7, 11) is 0. The number of urea groups is 1. The first-order valence-corrected chi connectivity index (χ1v) is 10.4. The zero-order valence-corrected chi connectivity index (χ0v) is 18.1. The second kappa shape index (κ2) is 7.47. The number of ether oxygens (including phenoxy) is 2. The summed E-state index contributed by atoms with van der Waals surface area (Å²) in [5.74, 6) is 0.497. The van der Waals surface area contributed by atoms with Crippen molar-refractivity contribution < 1.29 is 19.1 Å². The molecule has 2 fully saturated rings. The molecule has 2 aliphatic rings. The normalized spacial score (nSPS) is 24.1.